The number of para-hydroxylation sites is 1. The number of azo groups is 1. The fourth-order valence-electron chi connectivity index (χ4n) is 3.93. The van der Waals surface area contributed by atoms with Gasteiger partial charge in [-0.2, -0.15) is 5.11 Å². The van der Waals surface area contributed by atoms with Crippen LogP contribution >= 0.6 is 34.8 Å². The molecule has 186 valence electrons. The number of rotatable bonds is 4. The average Bonchev–Trinajstić information content (AvgIpc) is 3.29. The Hall–Kier alpha value is -3.58. The highest BCUT2D eigenvalue weighted by molar-refractivity contribution is 14.1. The molecule has 0 radical (unpaired) electrons. The van der Waals surface area contributed by atoms with Gasteiger partial charge in [-0.15, -0.1) is 18.3 Å². The maximum atomic E-state index is 12.4. The molecule has 0 saturated carbocycles. The largest absolute Gasteiger partial charge is 0.573 e. The summed E-state index contributed by atoms with van der Waals surface area (Å²) in [7, 11) is 0. The van der Waals surface area contributed by atoms with Crippen LogP contribution in [0.3, 0.4) is 0 Å². The zero-order chi connectivity index (χ0) is 26.0. The number of hydrogen-bond donors (Lipinski definition) is 1. The van der Waals surface area contributed by atoms with E-state index in [1.165, 1.54) is 12.1 Å². The minimum Gasteiger partial charge on any atom is -0.406 e. The molecule has 0 amide bonds. The van der Waals surface area contributed by atoms with Gasteiger partial charge >= 0.3 is 6.36 Å². The lowest BCUT2D eigenvalue weighted by atomic mass is 10.0. The van der Waals surface area contributed by atoms with Crippen molar-refractivity contribution in [2.45, 2.75) is 12.8 Å². The summed E-state index contributed by atoms with van der Waals surface area (Å²) in [5, 5.41) is 15.0. The van der Waals surface area contributed by atoms with E-state index in [1.54, 1.807) is 24.7 Å². The predicted octanol–water partition coefficient (Wildman–Crippen LogP) is 5.59. The summed E-state index contributed by atoms with van der Waals surface area (Å²) in [6.45, 7) is 0. The molecule has 0 atom stereocenters. The molecule has 0 fully saturated rings. The van der Waals surface area contributed by atoms with E-state index in [9.17, 15) is 13.2 Å². The number of hydrogen-bond acceptors (Lipinski definition) is 4. The highest BCUT2D eigenvalue weighted by Crippen LogP contribution is 2.23. The highest BCUT2D eigenvalue weighted by Gasteiger charge is 2.31. The number of thiocarbonyl (C=S) groups is 1. The van der Waals surface area contributed by atoms with Crippen LogP contribution in [-0.2, 0) is 6.42 Å². The lowest BCUT2D eigenvalue weighted by Crippen LogP contribution is -2.19. The molecular weight excluding hydrogens is 614 g/mol. The fraction of sp³-hybridized carbons (Fsp3) is 0.0769. The van der Waals surface area contributed by atoms with Crippen LogP contribution in [0.1, 0.15) is 5.56 Å². The Labute approximate surface area is 227 Å². The van der Waals surface area contributed by atoms with E-state index < -0.39 is 6.36 Å². The molecule has 1 N–H and O–H groups in total. The quantitative estimate of drug-likeness (QED) is 0.182. The molecule has 1 heterocycles. The normalized spacial score (nSPS) is 13.1. The van der Waals surface area contributed by atoms with Crippen LogP contribution in [0.15, 0.2) is 83.3 Å². The number of benzene rings is 3. The van der Waals surface area contributed by atoms with Crippen LogP contribution in [0.5, 0.6) is 5.75 Å². The van der Waals surface area contributed by atoms with E-state index in [1.807, 2.05) is 53.1 Å². The number of nitrogens with one attached hydrogen (secondary N) is 1. The summed E-state index contributed by atoms with van der Waals surface area (Å²) in [6.07, 6.45) is 1.27. The molecule has 0 spiro atoms. The van der Waals surface area contributed by atoms with Gasteiger partial charge in [0.1, 0.15) is 12.1 Å². The van der Waals surface area contributed by atoms with Crippen molar-refractivity contribution >= 4 is 57.9 Å². The van der Waals surface area contributed by atoms with E-state index in [0.29, 0.717) is 12.1 Å². The maximum Gasteiger partial charge on any atom is 0.573 e. The van der Waals surface area contributed by atoms with Crippen LogP contribution < -0.4 is 20.6 Å². The number of ether oxygens (including phenoxy) is 1. The van der Waals surface area contributed by atoms with Crippen molar-refractivity contribution < 1.29 is 17.9 Å². The molecule has 6 nitrogen and oxygen atoms in total. The first kappa shape index (κ1) is 25.1. The summed E-state index contributed by atoms with van der Waals surface area (Å²) in [6, 6.07) is 19.4. The summed E-state index contributed by atoms with van der Waals surface area (Å²) in [5.74, 6) is -0.271. The standard InChI is InChI=1S/C26H17F3IN5OS/c27-26(28,29)36-19-9-7-18(8-10-19)35-15-31-24-20-11-5-16(13-17(20)6-12-23(24)35)14-32-34-25(37)33-22-4-2-1-3-21(22)30/h1-5,7-15H,6H2,(H,33,37). The minimum atomic E-state index is -4.73. The molecule has 0 unspecified atom stereocenters. The van der Waals surface area contributed by atoms with Gasteiger partial charge in [0.2, 0.25) is 5.11 Å². The van der Waals surface area contributed by atoms with Gasteiger partial charge in [-0.05, 0) is 94.5 Å². The van der Waals surface area contributed by atoms with Gasteiger partial charge < -0.3 is 10.1 Å². The van der Waals surface area contributed by atoms with Crippen molar-refractivity contribution in [3.05, 3.63) is 103 Å². The third-order valence-electron chi connectivity index (χ3n) is 5.52. The van der Waals surface area contributed by atoms with Crippen molar-refractivity contribution in [2.24, 2.45) is 10.2 Å². The fourth-order valence-corrected chi connectivity index (χ4v) is 4.61. The molecular formula is C26H17F3IN5OS. The first-order chi connectivity index (χ1) is 17.8. The van der Waals surface area contributed by atoms with Gasteiger partial charge in [-0.3, -0.25) is 4.57 Å². The maximum absolute atomic E-state index is 12.4. The van der Waals surface area contributed by atoms with Crippen molar-refractivity contribution in [2.75, 3.05) is 5.32 Å². The third-order valence-corrected chi connectivity index (χ3v) is 6.65. The Morgan fingerprint density at radius 2 is 1.89 bits per heavy atom. The van der Waals surface area contributed by atoms with Crippen molar-refractivity contribution in [1.29, 1.82) is 0 Å². The van der Waals surface area contributed by atoms with E-state index in [2.05, 4.69) is 47.9 Å². The summed E-state index contributed by atoms with van der Waals surface area (Å²) in [5.41, 5.74) is 2.63. The van der Waals surface area contributed by atoms with Crippen molar-refractivity contribution in [1.82, 2.24) is 9.55 Å². The number of anilines is 1. The number of halogens is 4. The van der Waals surface area contributed by atoms with E-state index >= 15 is 0 Å². The first-order valence-electron chi connectivity index (χ1n) is 11.0. The third kappa shape index (κ3) is 5.88. The summed E-state index contributed by atoms with van der Waals surface area (Å²) >= 11 is 7.47. The molecule has 0 bridgehead atoms. The Balaban J connectivity index is 1.39. The lowest BCUT2D eigenvalue weighted by Gasteiger charge is -2.10. The Bertz CT molecular complexity index is 1730. The predicted molar refractivity (Wildman–Crippen MR) is 146 cm³/mol. The molecule has 0 aliphatic heterocycles. The zero-order valence-corrected chi connectivity index (χ0v) is 21.9. The van der Waals surface area contributed by atoms with Crippen molar-refractivity contribution in [3.8, 4) is 11.4 Å². The average molecular weight is 631 g/mol. The van der Waals surface area contributed by atoms with Gasteiger partial charge in [0, 0.05) is 14.5 Å². The van der Waals surface area contributed by atoms with Crippen LogP contribution in [0.4, 0.5) is 18.9 Å². The molecule has 0 saturated heterocycles. The zero-order valence-electron chi connectivity index (χ0n) is 18.9. The molecule has 1 aliphatic carbocycles. The number of fused-ring (bicyclic) bond motifs is 2. The second kappa shape index (κ2) is 10.4. The van der Waals surface area contributed by atoms with Crippen molar-refractivity contribution in [3.63, 3.8) is 0 Å². The molecule has 1 aliphatic rings. The molecule has 11 heteroatoms. The van der Waals surface area contributed by atoms with E-state index in [4.69, 9.17) is 12.2 Å². The SMILES string of the molecule is FC(F)(F)Oc1ccc(-n2cnc3c2=CCc2cc(=CN=NC(=S)Nc4ccccc4I)ccc2=3)cc1. The Kier molecular flexibility index (Phi) is 7.07. The van der Waals surface area contributed by atoms with E-state index in [-0.39, 0.29) is 10.9 Å². The Morgan fingerprint density at radius 1 is 1.11 bits per heavy atom. The van der Waals surface area contributed by atoms with Gasteiger partial charge in [0.15, 0.2) is 0 Å². The second-order valence-corrected chi connectivity index (χ2v) is 9.52. The highest BCUT2D eigenvalue weighted by atomic mass is 127. The Morgan fingerprint density at radius 3 is 2.65 bits per heavy atom. The first-order valence-corrected chi connectivity index (χ1v) is 12.5. The van der Waals surface area contributed by atoms with Crippen LogP contribution in [0.2, 0.25) is 0 Å². The number of nitrogens with zero attached hydrogens (tertiary/aromatic N) is 4. The van der Waals surface area contributed by atoms with Crippen LogP contribution in [0, 0.1) is 14.1 Å². The van der Waals surface area contributed by atoms with Gasteiger partial charge in [-0.1, -0.05) is 30.3 Å². The molecule has 1 aromatic heterocycles. The summed E-state index contributed by atoms with van der Waals surface area (Å²) < 4.78 is 44.2. The molecule has 3 aromatic carbocycles. The monoisotopic (exact) mass is 631 g/mol. The molecule has 5 rings (SSSR count). The topological polar surface area (TPSA) is 63.8 Å². The van der Waals surface area contributed by atoms with E-state index in [0.717, 1.165) is 36.0 Å². The summed E-state index contributed by atoms with van der Waals surface area (Å²) in [4.78, 5) is 4.56. The van der Waals surface area contributed by atoms with Crippen LogP contribution in [0.25, 0.3) is 18.0 Å². The lowest BCUT2D eigenvalue weighted by molar-refractivity contribution is -0.274. The minimum absolute atomic E-state index is 0.264. The second-order valence-electron chi connectivity index (χ2n) is 7.97. The molecule has 4 aromatic rings. The smallest absolute Gasteiger partial charge is 0.406 e. The van der Waals surface area contributed by atoms with Gasteiger partial charge in [0.05, 0.1) is 22.6 Å². The number of alkyl halides is 3. The van der Waals surface area contributed by atoms with Crippen LogP contribution in [-0.4, -0.2) is 21.0 Å². The number of imidazole rings is 1. The van der Waals surface area contributed by atoms with Gasteiger partial charge in [0.25, 0.3) is 0 Å². The number of aromatic nitrogens is 2. The van der Waals surface area contributed by atoms with Gasteiger partial charge in [-0.25, -0.2) is 4.98 Å². The molecule has 37 heavy (non-hydrogen) atoms.